The quantitative estimate of drug-likeness (QED) is 0.118. The molecule has 344 valence electrons. The summed E-state index contributed by atoms with van der Waals surface area (Å²) in [7, 11) is -3.71. The van der Waals surface area contributed by atoms with Crippen molar-refractivity contribution in [2.75, 3.05) is 27.9 Å². The van der Waals surface area contributed by atoms with Crippen molar-refractivity contribution in [3.63, 3.8) is 0 Å². The van der Waals surface area contributed by atoms with Gasteiger partial charge in [0.1, 0.15) is 11.5 Å². The Hall–Kier alpha value is -7.13. The minimum absolute atomic E-state index is 0.0387. The van der Waals surface area contributed by atoms with Crippen molar-refractivity contribution in [3.05, 3.63) is 162 Å². The fraction of sp³-hybridized carbons (Fsp3) is 0.259. The van der Waals surface area contributed by atoms with Gasteiger partial charge in [-0.1, -0.05) is 67.6 Å². The Morgan fingerprint density at radius 1 is 0.721 bits per heavy atom. The zero-order chi connectivity index (χ0) is 47.1. The summed E-state index contributed by atoms with van der Waals surface area (Å²) in [5.74, 6) is -0.271. The Labute approximate surface area is 394 Å². The summed E-state index contributed by atoms with van der Waals surface area (Å²) in [6, 6.07) is 41.2. The van der Waals surface area contributed by atoms with Gasteiger partial charge in [-0.15, -0.1) is 0 Å². The van der Waals surface area contributed by atoms with Crippen LogP contribution in [0.3, 0.4) is 0 Å². The van der Waals surface area contributed by atoms with E-state index in [1.807, 2.05) is 73.7 Å². The fourth-order valence-electron chi connectivity index (χ4n) is 11.3. The Balaban J connectivity index is 1.03. The van der Waals surface area contributed by atoms with E-state index in [1.54, 1.807) is 105 Å². The van der Waals surface area contributed by atoms with Gasteiger partial charge in [0.05, 0.1) is 59.9 Å². The van der Waals surface area contributed by atoms with Gasteiger partial charge in [0, 0.05) is 34.9 Å². The second-order valence-electron chi connectivity index (χ2n) is 18.7. The Kier molecular flexibility index (Phi) is 10.6. The fourth-order valence-corrected chi connectivity index (χ4v) is 13.8. The molecule has 68 heavy (non-hydrogen) atoms. The number of aliphatic hydroxyl groups excluding tert-OH is 1. The van der Waals surface area contributed by atoms with Crippen molar-refractivity contribution >= 4 is 60.5 Å². The van der Waals surface area contributed by atoms with E-state index in [4.69, 9.17) is 14.2 Å². The van der Waals surface area contributed by atoms with Gasteiger partial charge in [0.25, 0.3) is 17.7 Å². The molecule has 0 unspecified atom stereocenters. The lowest BCUT2D eigenvalue weighted by atomic mass is 9.82. The van der Waals surface area contributed by atoms with Crippen molar-refractivity contribution in [3.8, 4) is 23.0 Å². The lowest BCUT2D eigenvalue weighted by Crippen LogP contribution is -2.45. The van der Waals surface area contributed by atoms with Crippen LogP contribution in [0.4, 0.5) is 32.5 Å². The van der Waals surface area contributed by atoms with E-state index in [-0.39, 0.29) is 43.3 Å². The number of rotatable bonds is 8. The highest BCUT2D eigenvalue weighted by Crippen LogP contribution is 2.61. The number of carbonyl (C=O) groups is 4. The van der Waals surface area contributed by atoms with Crippen LogP contribution in [0.25, 0.3) is 0 Å². The molecule has 14 heteroatoms. The van der Waals surface area contributed by atoms with Crippen LogP contribution in [0.15, 0.2) is 140 Å². The summed E-state index contributed by atoms with van der Waals surface area (Å²) in [5.41, 5.74) is 1.85. The molecule has 0 saturated carbocycles. The highest BCUT2D eigenvalue weighted by molar-refractivity contribution is 6.72. The van der Waals surface area contributed by atoms with Crippen LogP contribution in [0.1, 0.15) is 58.0 Å². The first-order chi connectivity index (χ1) is 32.9. The van der Waals surface area contributed by atoms with Crippen LogP contribution >= 0.6 is 0 Å². The molecule has 0 bridgehead atoms. The third-order valence-corrected chi connectivity index (χ3v) is 16.7. The van der Waals surface area contributed by atoms with Crippen LogP contribution in [0.2, 0.25) is 18.6 Å². The average Bonchev–Trinajstić information content (AvgIpc) is 3.95. The molecule has 2 saturated heterocycles. The maximum Gasteiger partial charge on any atom is 0.266 e. The standard InChI is InChI=1S/C54H49FN4O8Si/c1-33-50(68(2,3)55)48(30-49(61)56-27-13-16-37(56)32-60)67-54(33)40-29-36(59-43-20-7-11-24-47(43)66-45-22-9-5-18-39(45)52(59)63)25-26-41(40)57(53(54)64)31-34-14-12-15-35(28-34)58-42-19-6-10-23-46(42)65-44-21-8-4-17-38(44)51(58)62/h4-12,14-15,17-26,28-29,33,37,48,50,60H,13,16,27,30-32H2,1-3H3/t33-,37+,48+,50-,54+/m1/s1. The first-order valence-electron chi connectivity index (χ1n) is 23.1. The van der Waals surface area contributed by atoms with Crippen molar-refractivity contribution in [2.24, 2.45) is 5.92 Å². The molecule has 5 heterocycles. The predicted octanol–water partition coefficient (Wildman–Crippen LogP) is 10.6. The lowest BCUT2D eigenvalue weighted by molar-refractivity contribution is -0.150. The molecular formula is C54H49FN4O8Si. The van der Waals surface area contributed by atoms with Gasteiger partial charge in [-0.25, -0.2) is 0 Å². The van der Waals surface area contributed by atoms with Gasteiger partial charge in [-0.2, -0.15) is 0 Å². The van der Waals surface area contributed by atoms with Crippen molar-refractivity contribution < 1.29 is 42.6 Å². The second-order valence-corrected chi connectivity index (χ2v) is 22.5. The molecule has 6 aromatic carbocycles. The minimum atomic E-state index is -3.71. The van der Waals surface area contributed by atoms with Crippen molar-refractivity contribution in [1.82, 2.24) is 4.90 Å². The largest absolute Gasteiger partial charge is 0.454 e. The summed E-state index contributed by atoms with van der Waals surface area (Å²) >= 11 is 0. The molecule has 5 aliphatic heterocycles. The van der Waals surface area contributed by atoms with Gasteiger partial charge >= 0.3 is 0 Å². The smallest absolute Gasteiger partial charge is 0.266 e. The van der Waals surface area contributed by atoms with Crippen LogP contribution in [0.5, 0.6) is 23.0 Å². The van der Waals surface area contributed by atoms with E-state index < -0.39 is 37.5 Å². The molecule has 0 aromatic heterocycles. The van der Waals surface area contributed by atoms with E-state index in [1.165, 1.54) is 0 Å². The van der Waals surface area contributed by atoms with E-state index in [0.717, 1.165) is 6.42 Å². The van der Waals surface area contributed by atoms with E-state index in [9.17, 15) is 19.5 Å². The lowest BCUT2D eigenvalue weighted by Gasteiger charge is -2.32. The number of carbonyl (C=O) groups excluding carboxylic acids is 4. The maximum atomic E-state index is 17.1. The number of ether oxygens (including phenoxy) is 3. The molecule has 0 radical (unpaired) electrons. The van der Waals surface area contributed by atoms with E-state index in [2.05, 4.69) is 0 Å². The van der Waals surface area contributed by atoms with Crippen LogP contribution < -0.4 is 24.2 Å². The van der Waals surface area contributed by atoms with Crippen LogP contribution in [-0.2, 0) is 26.5 Å². The number of aliphatic hydroxyl groups is 1. The number of likely N-dealkylation sites (tertiary alicyclic amines) is 1. The monoisotopic (exact) mass is 928 g/mol. The molecule has 6 aromatic rings. The van der Waals surface area contributed by atoms with Crippen molar-refractivity contribution in [2.45, 2.75) is 69.1 Å². The number of hydrogen-bond acceptors (Lipinski definition) is 8. The summed E-state index contributed by atoms with van der Waals surface area (Å²) in [4.78, 5) is 65.6. The SMILES string of the molecule is C[C@@H]1[C@@H]([Si](C)(C)F)[C@H](CC(=O)N2CCC[C@H]2CO)O[C@@]12C(=O)N(Cc1cccc(N3C(=O)c4ccccc4Oc4ccccc43)c1)c1ccc(N3C(=O)c4ccccc4Oc4ccccc43)cc12. The first-order valence-corrected chi connectivity index (χ1v) is 26.1. The number of para-hydroxylation sites is 6. The Morgan fingerprint density at radius 2 is 1.29 bits per heavy atom. The molecule has 12 nitrogen and oxygen atoms in total. The second kappa shape index (κ2) is 16.6. The molecule has 2 fully saturated rings. The third kappa shape index (κ3) is 6.91. The number of hydrogen-bond donors (Lipinski definition) is 1. The van der Waals surface area contributed by atoms with E-state index in [0.29, 0.717) is 86.7 Å². The van der Waals surface area contributed by atoms with Gasteiger partial charge in [0.15, 0.2) is 17.1 Å². The van der Waals surface area contributed by atoms with Gasteiger partial charge < -0.3 is 33.2 Å². The van der Waals surface area contributed by atoms with E-state index >= 15 is 8.90 Å². The first kappa shape index (κ1) is 43.4. The van der Waals surface area contributed by atoms with Gasteiger partial charge in [-0.3, -0.25) is 29.0 Å². The molecule has 11 rings (SSSR count). The molecule has 0 aliphatic carbocycles. The van der Waals surface area contributed by atoms with Gasteiger partial charge in [-0.05, 0) is 110 Å². The number of fused-ring (bicyclic) bond motifs is 6. The molecule has 4 amide bonds. The topological polar surface area (TPSA) is 129 Å². The molecule has 5 atom stereocenters. The molecule has 1 N–H and O–H groups in total. The van der Waals surface area contributed by atoms with Crippen LogP contribution in [0, 0.1) is 5.92 Å². The highest BCUT2D eigenvalue weighted by atomic mass is 28.4. The Morgan fingerprint density at radius 3 is 1.90 bits per heavy atom. The molecule has 1 spiro atoms. The molecular weight excluding hydrogens is 880 g/mol. The minimum Gasteiger partial charge on any atom is -0.454 e. The summed E-state index contributed by atoms with van der Waals surface area (Å²) in [6.07, 6.45) is 0.280. The average molecular weight is 929 g/mol. The van der Waals surface area contributed by atoms with Gasteiger partial charge in [0.2, 0.25) is 14.3 Å². The Bertz CT molecular complexity index is 3050. The van der Waals surface area contributed by atoms with Crippen molar-refractivity contribution in [1.29, 1.82) is 0 Å². The van der Waals surface area contributed by atoms with Crippen LogP contribution in [-0.4, -0.2) is 67.3 Å². The zero-order valence-electron chi connectivity index (χ0n) is 37.8. The molecule has 5 aliphatic rings. The summed E-state index contributed by atoms with van der Waals surface area (Å²) in [5, 5.41) is 10.1. The normalized spacial score (nSPS) is 22.8. The number of halogens is 1. The number of nitrogens with zero attached hydrogens (tertiary/aromatic N) is 4. The number of benzene rings is 6. The number of anilines is 5. The highest BCUT2D eigenvalue weighted by Gasteiger charge is 2.67. The predicted molar refractivity (Wildman–Crippen MR) is 257 cm³/mol. The third-order valence-electron chi connectivity index (χ3n) is 14.3. The zero-order valence-corrected chi connectivity index (χ0v) is 38.8. The maximum absolute atomic E-state index is 17.1. The number of amides is 4. The summed E-state index contributed by atoms with van der Waals surface area (Å²) in [6.45, 7) is 5.36. The summed E-state index contributed by atoms with van der Waals surface area (Å²) < 4.78 is 36.8.